The van der Waals surface area contributed by atoms with Crippen molar-refractivity contribution in [3.63, 3.8) is 0 Å². The molecule has 10 heavy (non-hydrogen) atoms. The summed E-state index contributed by atoms with van der Waals surface area (Å²) in [7, 11) is 0. The maximum absolute atomic E-state index is 10.3. The third kappa shape index (κ3) is 1.98. The second-order valence-electron chi connectivity index (χ2n) is 2.98. The Balaban J connectivity index is 2.30. The van der Waals surface area contributed by atoms with Gasteiger partial charge in [0.1, 0.15) is 6.29 Å². The van der Waals surface area contributed by atoms with Crippen LogP contribution in [-0.2, 0) is 4.79 Å². The van der Waals surface area contributed by atoms with Crippen molar-refractivity contribution in [3.05, 3.63) is 0 Å². The SMILES string of the molecule is O=CC(Cl)C1CCCCC1. The van der Waals surface area contributed by atoms with Crippen LogP contribution in [0, 0.1) is 5.92 Å². The first-order valence-corrected chi connectivity index (χ1v) is 4.37. The first-order chi connectivity index (χ1) is 4.84. The highest BCUT2D eigenvalue weighted by Crippen LogP contribution is 2.27. The first kappa shape index (κ1) is 8.06. The maximum Gasteiger partial charge on any atom is 0.138 e. The van der Waals surface area contributed by atoms with E-state index in [4.69, 9.17) is 11.6 Å². The number of carbonyl (C=O) groups excluding carboxylic acids is 1. The lowest BCUT2D eigenvalue weighted by molar-refractivity contribution is -0.108. The molecular weight excluding hydrogens is 148 g/mol. The van der Waals surface area contributed by atoms with Gasteiger partial charge in [-0.1, -0.05) is 19.3 Å². The predicted molar refractivity (Wildman–Crippen MR) is 42.3 cm³/mol. The Kier molecular flexibility index (Phi) is 3.20. The number of hydrogen-bond donors (Lipinski definition) is 0. The average molecular weight is 161 g/mol. The van der Waals surface area contributed by atoms with E-state index >= 15 is 0 Å². The van der Waals surface area contributed by atoms with Crippen LogP contribution in [0.15, 0.2) is 0 Å². The predicted octanol–water partition coefficient (Wildman–Crippen LogP) is 2.37. The molecule has 1 saturated carbocycles. The van der Waals surface area contributed by atoms with Gasteiger partial charge in [-0.25, -0.2) is 0 Å². The molecule has 0 aliphatic heterocycles. The van der Waals surface area contributed by atoms with Gasteiger partial charge in [0.15, 0.2) is 0 Å². The van der Waals surface area contributed by atoms with Gasteiger partial charge in [0, 0.05) is 0 Å². The summed E-state index contributed by atoms with van der Waals surface area (Å²) in [6, 6.07) is 0. The molecule has 0 amide bonds. The number of carbonyl (C=O) groups is 1. The molecule has 1 nitrogen and oxygen atoms in total. The van der Waals surface area contributed by atoms with Crippen LogP contribution in [0.1, 0.15) is 32.1 Å². The molecule has 1 aliphatic rings. The summed E-state index contributed by atoms with van der Waals surface area (Å²) < 4.78 is 0. The first-order valence-electron chi connectivity index (χ1n) is 3.94. The van der Waals surface area contributed by atoms with Gasteiger partial charge in [-0.3, -0.25) is 0 Å². The molecule has 0 aromatic heterocycles. The second-order valence-corrected chi connectivity index (χ2v) is 3.48. The van der Waals surface area contributed by atoms with Gasteiger partial charge >= 0.3 is 0 Å². The Morgan fingerprint density at radius 3 is 2.40 bits per heavy atom. The molecule has 0 saturated heterocycles. The summed E-state index contributed by atoms with van der Waals surface area (Å²) in [5, 5.41) is -0.222. The van der Waals surface area contributed by atoms with Gasteiger partial charge in [0.25, 0.3) is 0 Å². The van der Waals surface area contributed by atoms with Crippen molar-refractivity contribution in [3.8, 4) is 0 Å². The summed E-state index contributed by atoms with van der Waals surface area (Å²) in [6.45, 7) is 0. The normalized spacial score (nSPS) is 24.1. The molecule has 0 aromatic carbocycles. The van der Waals surface area contributed by atoms with E-state index in [0.717, 1.165) is 19.1 Å². The maximum atomic E-state index is 10.3. The Labute approximate surface area is 66.8 Å². The zero-order valence-corrected chi connectivity index (χ0v) is 6.81. The third-order valence-corrected chi connectivity index (χ3v) is 2.69. The summed E-state index contributed by atoms with van der Waals surface area (Å²) >= 11 is 5.78. The van der Waals surface area contributed by atoms with Crippen LogP contribution in [0.5, 0.6) is 0 Å². The van der Waals surface area contributed by atoms with Crippen LogP contribution in [0.3, 0.4) is 0 Å². The van der Waals surface area contributed by atoms with Crippen molar-refractivity contribution in [2.75, 3.05) is 0 Å². The Morgan fingerprint density at radius 1 is 1.30 bits per heavy atom. The lowest BCUT2D eigenvalue weighted by atomic mass is 9.87. The van der Waals surface area contributed by atoms with Crippen LogP contribution in [0.4, 0.5) is 0 Å². The highest BCUT2D eigenvalue weighted by molar-refractivity contribution is 6.27. The van der Waals surface area contributed by atoms with Crippen molar-refractivity contribution < 1.29 is 4.79 Å². The number of rotatable bonds is 2. The summed E-state index contributed by atoms with van der Waals surface area (Å²) in [6.07, 6.45) is 6.99. The quantitative estimate of drug-likeness (QED) is 0.448. The Morgan fingerprint density at radius 2 is 1.90 bits per heavy atom. The van der Waals surface area contributed by atoms with Crippen molar-refractivity contribution in [2.24, 2.45) is 5.92 Å². The van der Waals surface area contributed by atoms with Crippen LogP contribution < -0.4 is 0 Å². The molecule has 2 heteroatoms. The number of halogens is 1. The fraction of sp³-hybridized carbons (Fsp3) is 0.875. The molecule has 0 spiro atoms. The van der Waals surface area contributed by atoms with Crippen LogP contribution in [-0.4, -0.2) is 11.7 Å². The van der Waals surface area contributed by atoms with Gasteiger partial charge in [-0.05, 0) is 18.8 Å². The van der Waals surface area contributed by atoms with E-state index in [1.54, 1.807) is 0 Å². The van der Waals surface area contributed by atoms with Crippen molar-refractivity contribution in [1.29, 1.82) is 0 Å². The highest BCUT2D eigenvalue weighted by atomic mass is 35.5. The van der Waals surface area contributed by atoms with E-state index in [0.29, 0.717) is 5.92 Å². The molecule has 0 aromatic rings. The lowest BCUT2D eigenvalue weighted by Crippen LogP contribution is -2.18. The van der Waals surface area contributed by atoms with Crippen LogP contribution >= 0.6 is 11.6 Å². The van der Waals surface area contributed by atoms with Crippen molar-refractivity contribution in [1.82, 2.24) is 0 Å². The molecule has 58 valence electrons. The smallest absolute Gasteiger partial charge is 0.138 e. The average Bonchev–Trinajstić information content (AvgIpc) is 2.05. The molecule has 0 N–H and O–H groups in total. The van der Waals surface area contributed by atoms with Crippen molar-refractivity contribution >= 4 is 17.9 Å². The molecule has 0 bridgehead atoms. The van der Waals surface area contributed by atoms with Gasteiger partial charge in [0.05, 0.1) is 5.38 Å². The summed E-state index contributed by atoms with van der Waals surface area (Å²) in [4.78, 5) is 10.3. The fourth-order valence-corrected chi connectivity index (χ4v) is 1.82. The minimum Gasteiger partial charge on any atom is -0.302 e. The number of hydrogen-bond acceptors (Lipinski definition) is 1. The Bertz CT molecular complexity index is 108. The van der Waals surface area contributed by atoms with E-state index in [1.165, 1.54) is 19.3 Å². The molecule has 0 heterocycles. The largest absolute Gasteiger partial charge is 0.302 e. The summed E-state index contributed by atoms with van der Waals surface area (Å²) in [5.41, 5.74) is 0. The van der Waals surface area contributed by atoms with Gasteiger partial charge in [-0.2, -0.15) is 0 Å². The number of aldehydes is 1. The standard InChI is InChI=1S/C8H13ClO/c9-8(6-10)7-4-2-1-3-5-7/h6-8H,1-5H2. The van der Waals surface area contributed by atoms with E-state index < -0.39 is 0 Å². The summed E-state index contributed by atoms with van der Waals surface area (Å²) in [5.74, 6) is 0.466. The van der Waals surface area contributed by atoms with Gasteiger partial charge in [-0.15, -0.1) is 11.6 Å². The topological polar surface area (TPSA) is 17.1 Å². The van der Waals surface area contributed by atoms with Gasteiger partial charge in [0.2, 0.25) is 0 Å². The van der Waals surface area contributed by atoms with E-state index in [2.05, 4.69) is 0 Å². The third-order valence-electron chi connectivity index (χ3n) is 2.23. The Hall–Kier alpha value is -0.0400. The molecule has 1 rings (SSSR count). The van der Waals surface area contributed by atoms with Crippen LogP contribution in [0.25, 0.3) is 0 Å². The van der Waals surface area contributed by atoms with E-state index in [9.17, 15) is 4.79 Å². The number of alkyl halides is 1. The van der Waals surface area contributed by atoms with Crippen LogP contribution in [0.2, 0.25) is 0 Å². The molecule has 1 unspecified atom stereocenters. The highest BCUT2D eigenvalue weighted by Gasteiger charge is 2.20. The minimum atomic E-state index is -0.222. The van der Waals surface area contributed by atoms with E-state index in [1.807, 2.05) is 0 Å². The van der Waals surface area contributed by atoms with E-state index in [-0.39, 0.29) is 5.38 Å². The second kappa shape index (κ2) is 3.97. The zero-order valence-electron chi connectivity index (χ0n) is 6.05. The molecular formula is C8H13ClO. The molecule has 1 atom stereocenters. The molecule has 1 fully saturated rings. The van der Waals surface area contributed by atoms with Crippen molar-refractivity contribution in [2.45, 2.75) is 37.5 Å². The minimum absolute atomic E-state index is 0.222. The fourth-order valence-electron chi connectivity index (χ4n) is 1.56. The molecule has 0 radical (unpaired) electrons. The molecule has 1 aliphatic carbocycles. The zero-order chi connectivity index (χ0) is 7.40. The van der Waals surface area contributed by atoms with Gasteiger partial charge < -0.3 is 4.79 Å². The monoisotopic (exact) mass is 160 g/mol. The lowest BCUT2D eigenvalue weighted by Gasteiger charge is -2.22.